The summed E-state index contributed by atoms with van der Waals surface area (Å²) in [6.07, 6.45) is 1.02. The van der Waals surface area contributed by atoms with E-state index in [4.69, 9.17) is 4.99 Å². The molecule has 3 N–H and O–H groups in total. The second-order valence-corrected chi connectivity index (χ2v) is 11.1. The van der Waals surface area contributed by atoms with Gasteiger partial charge in [0.05, 0.1) is 17.3 Å². The molecule has 0 bridgehead atoms. The average Bonchev–Trinajstić information content (AvgIpc) is 2.90. The molecular weight excluding hydrogens is 506 g/mol. The molecule has 2 heterocycles. The summed E-state index contributed by atoms with van der Waals surface area (Å²) in [7, 11) is 0. The first-order valence-electron chi connectivity index (χ1n) is 13.1. The Kier molecular flexibility index (Phi) is 7.74. The van der Waals surface area contributed by atoms with Crippen LogP contribution in [0.2, 0.25) is 0 Å². The van der Waals surface area contributed by atoms with Crippen molar-refractivity contribution in [2.75, 3.05) is 28.2 Å². The minimum atomic E-state index is -0.308. The summed E-state index contributed by atoms with van der Waals surface area (Å²) in [6, 6.07) is 20.8. The molecule has 0 aliphatic carbocycles. The summed E-state index contributed by atoms with van der Waals surface area (Å²) in [5.74, 6) is 0.862. The maximum Gasteiger partial charge on any atom is 0.323 e. The highest BCUT2D eigenvalue weighted by atomic mass is 32.2. The first-order chi connectivity index (χ1) is 18.8. The molecule has 1 saturated heterocycles. The third-order valence-corrected chi connectivity index (χ3v) is 7.97. The van der Waals surface area contributed by atoms with Gasteiger partial charge in [0.1, 0.15) is 0 Å². The number of benzene rings is 3. The minimum Gasteiger partial charge on any atom is -0.340 e. The number of anilines is 3. The number of rotatable bonds is 5. The van der Waals surface area contributed by atoms with E-state index in [0.717, 1.165) is 63.2 Å². The van der Waals surface area contributed by atoms with Gasteiger partial charge in [-0.25, -0.2) is 9.79 Å². The smallest absolute Gasteiger partial charge is 0.323 e. The van der Waals surface area contributed by atoms with Crippen molar-refractivity contribution in [2.24, 2.45) is 4.99 Å². The quantitative estimate of drug-likeness (QED) is 0.325. The second kappa shape index (κ2) is 11.4. The number of hydrogen-bond acceptors (Lipinski definition) is 5. The first kappa shape index (κ1) is 26.6. The van der Waals surface area contributed by atoms with Gasteiger partial charge in [-0.15, -0.1) is 0 Å². The Morgan fingerprint density at radius 2 is 1.62 bits per heavy atom. The van der Waals surface area contributed by atoms with E-state index in [1.165, 1.54) is 0 Å². The Labute approximate surface area is 233 Å². The average molecular weight is 540 g/mol. The van der Waals surface area contributed by atoms with Crippen LogP contribution in [-0.2, 0) is 4.79 Å². The number of carbonyl (C=O) groups is 2. The summed E-state index contributed by atoms with van der Waals surface area (Å²) in [5, 5.41) is 9.85. The van der Waals surface area contributed by atoms with Crippen molar-refractivity contribution < 1.29 is 9.59 Å². The molecule has 0 aromatic heterocycles. The summed E-state index contributed by atoms with van der Waals surface area (Å²) in [6.45, 7) is 8.76. The molecule has 1 atom stereocenters. The van der Waals surface area contributed by atoms with Crippen LogP contribution in [0.4, 0.5) is 21.9 Å². The number of amides is 3. The highest BCUT2D eigenvalue weighted by Gasteiger charge is 2.37. The molecule has 8 heteroatoms. The fourth-order valence-corrected chi connectivity index (χ4v) is 6.03. The predicted octanol–water partition coefficient (Wildman–Crippen LogP) is 7.02. The Morgan fingerprint density at radius 3 is 2.36 bits per heavy atom. The number of allylic oxidation sites excluding steroid dienone is 1. The van der Waals surface area contributed by atoms with Crippen LogP contribution in [0, 0.1) is 20.8 Å². The van der Waals surface area contributed by atoms with E-state index in [1.807, 2.05) is 88.4 Å². The van der Waals surface area contributed by atoms with Gasteiger partial charge in [-0.2, -0.15) is 0 Å². The summed E-state index contributed by atoms with van der Waals surface area (Å²) >= 11 is 1.73. The van der Waals surface area contributed by atoms with Gasteiger partial charge < -0.3 is 20.9 Å². The van der Waals surface area contributed by atoms with Crippen LogP contribution in [0.25, 0.3) is 0 Å². The van der Waals surface area contributed by atoms with Gasteiger partial charge in [-0.3, -0.25) is 4.79 Å². The van der Waals surface area contributed by atoms with Crippen LogP contribution in [0.15, 0.2) is 83.0 Å². The molecular formula is C31H33N5O2S. The Bertz CT molecular complexity index is 1480. The lowest BCUT2D eigenvalue weighted by Crippen LogP contribution is -2.43. The van der Waals surface area contributed by atoms with E-state index < -0.39 is 0 Å². The third-order valence-electron chi connectivity index (χ3n) is 6.89. The number of thioether (sulfide) groups is 1. The largest absolute Gasteiger partial charge is 0.340 e. The van der Waals surface area contributed by atoms with Gasteiger partial charge in [0.15, 0.2) is 5.17 Å². The van der Waals surface area contributed by atoms with Gasteiger partial charge in [0.25, 0.3) is 5.91 Å². The predicted molar refractivity (Wildman–Crippen MR) is 161 cm³/mol. The molecule has 2 aliphatic rings. The number of nitrogens with zero attached hydrogens (tertiary/aromatic N) is 2. The normalized spacial score (nSPS) is 16.8. The minimum absolute atomic E-state index is 0.150. The van der Waals surface area contributed by atoms with Crippen molar-refractivity contribution >= 4 is 45.9 Å². The molecule has 3 aromatic rings. The Balaban J connectivity index is 1.39. The van der Waals surface area contributed by atoms with E-state index in [1.54, 1.807) is 11.8 Å². The maximum atomic E-state index is 13.7. The zero-order chi connectivity index (χ0) is 27.5. The third kappa shape index (κ3) is 6.01. The lowest BCUT2D eigenvalue weighted by Gasteiger charge is -2.41. The van der Waals surface area contributed by atoms with E-state index in [0.29, 0.717) is 11.3 Å². The number of urea groups is 1. The second-order valence-electron chi connectivity index (χ2n) is 10.0. The fraction of sp³-hybridized carbons (Fsp3) is 0.258. The molecule has 0 spiro atoms. The van der Waals surface area contributed by atoms with Crippen molar-refractivity contribution in [1.82, 2.24) is 4.90 Å². The van der Waals surface area contributed by atoms with Gasteiger partial charge in [-0.05, 0) is 81.1 Å². The fourth-order valence-electron chi connectivity index (χ4n) is 5.01. The number of aryl methyl sites for hydroxylation is 3. The van der Waals surface area contributed by atoms with Crippen molar-refractivity contribution in [3.63, 3.8) is 0 Å². The number of carbonyl (C=O) groups excluding carboxylic acids is 2. The van der Waals surface area contributed by atoms with E-state index >= 15 is 0 Å². The first-order valence-corrected chi connectivity index (χ1v) is 14.1. The van der Waals surface area contributed by atoms with Gasteiger partial charge >= 0.3 is 6.03 Å². The molecule has 1 fully saturated rings. The SMILES string of the molecule is CC1=C(C(=O)Nc2ccc(C)cc2C)C(c2ccc(NC(=O)Nc3cccc(C)c3)cc2)N2CCCSC2=N1. The molecule has 39 heavy (non-hydrogen) atoms. The summed E-state index contributed by atoms with van der Waals surface area (Å²) in [4.78, 5) is 33.4. The van der Waals surface area contributed by atoms with E-state index in [9.17, 15) is 9.59 Å². The highest BCUT2D eigenvalue weighted by Crippen LogP contribution is 2.40. The lowest BCUT2D eigenvalue weighted by molar-refractivity contribution is -0.113. The van der Waals surface area contributed by atoms with Crippen LogP contribution in [0.3, 0.4) is 0 Å². The molecule has 0 radical (unpaired) electrons. The van der Waals surface area contributed by atoms with E-state index in [-0.39, 0.29) is 18.0 Å². The molecule has 200 valence electrons. The van der Waals surface area contributed by atoms with Gasteiger partial charge in [0.2, 0.25) is 0 Å². The topological polar surface area (TPSA) is 85.8 Å². The monoisotopic (exact) mass is 539 g/mol. The molecule has 5 rings (SSSR count). The molecule has 2 aliphatic heterocycles. The van der Waals surface area contributed by atoms with Crippen molar-refractivity contribution in [3.05, 3.63) is 100 Å². The van der Waals surface area contributed by atoms with Crippen molar-refractivity contribution in [1.29, 1.82) is 0 Å². The number of hydrogen-bond donors (Lipinski definition) is 3. The molecule has 1 unspecified atom stereocenters. The molecule has 3 amide bonds. The summed E-state index contributed by atoms with van der Waals surface area (Å²) < 4.78 is 0. The van der Waals surface area contributed by atoms with Crippen LogP contribution < -0.4 is 16.0 Å². The number of aliphatic imine (C=N–C) groups is 1. The van der Waals surface area contributed by atoms with Gasteiger partial charge in [-0.1, -0.05) is 53.7 Å². The zero-order valence-electron chi connectivity index (χ0n) is 22.7. The standard InChI is InChI=1S/C31H33N5O2S/c1-19-7-5-8-25(18-19)34-30(38)33-24-12-10-23(11-13-24)28-27(22(4)32-31-36(28)15-6-16-39-31)29(37)35-26-14-9-20(2)17-21(26)3/h5,7-14,17-18,28H,6,15-16H2,1-4H3,(H,35,37)(H2,33,34,38). The Hall–Kier alpha value is -4.04. The van der Waals surface area contributed by atoms with Crippen LogP contribution in [0.5, 0.6) is 0 Å². The van der Waals surface area contributed by atoms with Gasteiger partial charge in [0, 0.05) is 29.4 Å². The maximum absolute atomic E-state index is 13.7. The number of fused-ring (bicyclic) bond motifs is 1. The van der Waals surface area contributed by atoms with E-state index in [2.05, 4.69) is 26.9 Å². The lowest BCUT2D eigenvalue weighted by atomic mass is 9.93. The number of nitrogens with one attached hydrogen (secondary N) is 3. The van der Waals surface area contributed by atoms with Crippen LogP contribution in [-0.4, -0.2) is 34.3 Å². The van der Waals surface area contributed by atoms with Crippen LogP contribution >= 0.6 is 11.8 Å². The zero-order valence-corrected chi connectivity index (χ0v) is 23.5. The van der Waals surface area contributed by atoms with Crippen LogP contribution in [0.1, 0.15) is 41.6 Å². The number of amidine groups is 1. The molecule has 3 aromatic carbocycles. The van der Waals surface area contributed by atoms with Crippen molar-refractivity contribution in [3.8, 4) is 0 Å². The summed E-state index contributed by atoms with van der Waals surface area (Å²) in [5.41, 5.74) is 7.78. The Morgan fingerprint density at radius 1 is 0.872 bits per heavy atom. The molecule has 0 saturated carbocycles. The van der Waals surface area contributed by atoms with Crippen molar-refractivity contribution in [2.45, 2.75) is 40.2 Å². The highest BCUT2D eigenvalue weighted by molar-refractivity contribution is 8.13. The molecule has 7 nitrogen and oxygen atoms in total.